The van der Waals surface area contributed by atoms with E-state index in [-0.39, 0.29) is 10.7 Å². The molecule has 2 nitrogen and oxygen atoms in total. The third-order valence-electron chi connectivity index (χ3n) is 3.31. The van der Waals surface area contributed by atoms with Crippen LogP contribution in [-0.2, 0) is 9.71 Å². The molecule has 16 heavy (non-hydrogen) atoms. The van der Waals surface area contributed by atoms with Crippen molar-refractivity contribution >= 4 is 15.6 Å². The third kappa shape index (κ3) is 2.89. The summed E-state index contributed by atoms with van der Waals surface area (Å²) >= 11 is 0. The molecular formula is C13H25NOS. The zero-order chi connectivity index (χ0) is 12.6. The molecule has 3 heteroatoms. The lowest BCUT2D eigenvalue weighted by Gasteiger charge is -2.35. The van der Waals surface area contributed by atoms with Gasteiger partial charge in [0.05, 0.1) is 0 Å². The van der Waals surface area contributed by atoms with Gasteiger partial charge in [-0.25, -0.2) is 4.31 Å². The van der Waals surface area contributed by atoms with Crippen LogP contribution in [0, 0.1) is 5.41 Å². The highest BCUT2D eigenvalue weighted by molar-refractivity contribution is 7.98. The summed E-state index contributed by atoms with van der Waals surface area (Å²) in [6, 6.07) is 0. The van der Waals surface area contributed by atoms with Gasteiger partial charge < -0.3 is 0 Å². The molecule has 0 spiro atoms. The highest BCUT2D eigenvalue weighted by Crippen LogP contribution is 2.31. The van der Waals surface area contributed by atoms with Crippen molar-refractivity contribution in [1.29, 1.82) is 0 Å². The van der Waals surface area contributed by atoms with Crippen molar-refractivity contribution in [3.05, 3.63) is 11.6 Å². The predicted molar refractivity (Wildman–Crippen MR) is 74.1 cm³/mol. The maximum atomic E-state index is 12.4. The first-order valence-electron chi connectivity index (χ1n) is 5.96. The van der Waals surface area contributed by atoms with Gasteiger partial charge >= 0.3 is 0 Å². The molecule has 0 aromatic rings. The SMILES string of the molecule is C=S(=O)(C(C)C)N1CC=C(C(C)(C)C)CC1. The number of hydrogen-bond donors (Lipinski definition) is 0. The van der Waals surface area contributed by atoms with E-state index in [0.29, 0.717) is 0 Å². The van der Waals surface area contributed by atoms with Crippen LogP contribution in [0.2, 0.25) is 0 Å². The predicted octanol–water partition coefficient (Wildman–Crippen LogP) is 2.70. The molecule has 0 N–H and O–H groups in total. The Balaban J connectivity index is 2.80. The van der Waals surface area contributed by atoms with Gasteiger partial charge in [0.15, 0.2) is 0 Å². The van der Waals surface area contributed by atoms with Crippen molar-refractivity contribution < 1.29 is 4.21 Å². The molecule has 0 saturated heterocycles. The van der Waals surface area contributed by atoms with Gasteiger partial charge in [-0.2, -0.15) is 0 Å². The Bertz CT molecular complexity index is 371. The summed E-state index contributed by atoms with van der Waals surface area (Å²) in [7, 11) is -2.08. The van der Waals surface area contributed by atoms with Gasteiger partial charge in [-0.1, -0.05) is 46.3 Å². The Kier molecular flexibility index (Phi) is 3.91. The quantitative estimate of drug-likeness (QED) is 0.539. The van der Waals surface area contributed by atoms with Gasteiger partial charge in [-0.05, 0) is 17.7 Å². The molecule has 1 rings (SSSR count). The summed E-state index contributed by atoms with van der Waals surface area (Å²) in [5.74, 6) is 3.90. The first-order chi connectivity index (χ1) is 7.15. The zero-order valence-corrected chi connectivity index (χ0v) is 12.1. The standard InChI is InChI=1S/C13H25NOS/c1-11(2)16(6,15)14-9-7-12(8-10-14)13(3,4)5/h7,11H,6,8-10H2,1-5H3. The number of hydrogen-bond acceptors (Lipinski definition) is 1. The van der Waals surface area contributed by atoms with Crippen LogP contribution in [0.15, 0.2) is 11.6 Å². The van der Waals surface area contributed by atoms with Gasteiger partial charge in [0.1, 0.15) is 0 Å². The molecule has 1 aliphatic rings. The summed E-state index contributed by atoms with van der Waals surface area (Å²) in [5.41, 5.74) is 1.72. The molecule has 0 aliphatic carbocycles. The number of rotatable bonds is 2. The molecular weight excluding hydrogens is 218 g/mol. The van der Waals surface area contributed by atoms with Crippen LogP contribution < -0.4 is 0 Å². The van der Waals surface area contributed by atoms with Crippen molar-refractivity contribution in [2.24, 2.45) is 5.41 Å². The van der Waals surface area contributed by atoms with Crippen molar-refractivity contribution in [2.45, 2.75) is 46.3 Å². The van der Waals surface area contributed by atoms with Crippen molar-refractivity contribution in [2.75, 3.05) is 13.1 Å². The van der Waals surface area contributed by atoms with E-state index in [1.807, 2.05) is 18.2 Å². The topological polar surface area (TPSA) is 20.3 Å². The summed E-state index contributed by atoms with van der Waals surface area (Å²) in [4.78, 5) is 0. The van der Waals surface area contributed by atoms with Crippen LogP contribution in [0.1, 0.15) is 41.0 Å². The Morgan fingerprint density at radius 2 is 2.00 bits per heavy atom. The van der Waals surface area contributed by atoms with Crippen molar-refractivity contribution in [3.8, 4) is 0 Å². The van der Waals surface area contributed by atoms with Gasteiger partial charge in [0, 0.05) is 28.0 Å². The Hall–Kier alpha value is -0.280. The molecule has 0 amide bonds. The summed E-state index contributed by atoms with van der Waals surface area (Å²) < 4.78 is 14.4. The van der Waals surface area contributed by atoms with Gasteiger partial charge in [-0.15, -0.1) is 0 Å². The minimum atomic E-state index is -2.08. The summed E-state index contributed by atoms with van der Waals surface area (Å²) in [6.45, 7) is 12.3. The summed E-state index contributed by atoms with van der Waals surface area (Å²) in [5, 5.41) is 0.122. The fraction of sp³-hybridized carbons (Fsp3) is 0.769. The van der Waals surface area contributed by atoms with E-state index in [0.717, 1.165) is 19.5 Å². The monoisotopic (exact) mass is 243 g/mol. The Morgan fingerprint density at radius 3 is 2.31 bits per heavy atom. The van der Waals surface area contributed by atoms with E-state index in [1.54, 1.807) is 0 Å². The second-order valence-corrected chi connectivity index (χ2v) is 8.69. The Labute approximate surface area is 101 Å². The average molecular weight is 243 g/mol. The van der Waals surface area contributed by atoms with Crippen molar-refractivity contribution in [1.82, 2.24) is 4.31 Å². The fourth-order valence-electron chi connectivity index (χ4n) is 1.91. The molecule has 1 heterocycles. The largest absolute Gasteiger partial charge is 0.252 e. The molecule has 0 saturated carbocycles. The highest BCUT2D eigenvalue weighted by atomic mass is 32.2. The van der Waals surface area contributed by atoms with Crippen LogP contribution >= 0.6 is 0 Å². The van der Waals surface area contributed by atoms with E-state index < -0.39 is 9.71 Å². The average Bonchev–Trinajstić information content (AvgIpc) is 2.16. The molecule has 1 unspecified atom stereocenters. The maximum absolute atomic E-state index is 12.4. The minimum absolute atomic E-state index is 0.122. The Morgan fingerprint density at radius 1 is 1.44 bits per heavy atom. The second-order valence-electron chi connectivity index (χ2n) is 5.86. The molecule has 0 aromatic carbocycles. The van der Waals surface area contributed by atoms with Gasteiger partial charge in [-0.3, -0.25) is 4.21 Å². The summed E-state index contributed by atoms with van der Waals surface area (Å²) in [6.07, 6.45) is 3.25. The van der Waals surface area contributed by atoms with E-state index >= 15 is 0 Å². The molecule has 0 bridgehead atoms. The van der Waals surface area contributed by atoms with E-state index in [1.165, 1.54) is 5.57 Å². The van der Waals surface area contributed by atoms with Gasteiger partial charge in [0.25, 0.3) is 0 Å². The van der Waals surface area contributed by atoms with E-state index in [4.69, 9.17) is 0 Å². The molecule has 0 radical (unpaired) electrons. The highest BCUT2D eigenvalue weighted by Gasteiger charge is 2.25. The van der Waals surface area contributed by atoms with Crippen LogP contribution in [0.4, 0.5) is 0 Å². The van der Waals surface area contributed by atoms with Crippen LogP contribution in [0.3, 0.4) is 0 Å². The van der Waals surface area contributed by atoms with Crippen molar-refractivity contribution in [3.63, 3.8) is 0 Å². The molecule has 0 fully saturated rings. The first-order valence-corrected chi connectivity index (χ1v) is 7.71. The maximum Gasteiger partial charge on any atom is 0.0347 e. The van der Waals surface area contributed by atoms with Crippen LogP contribution in [0.25, 0.3) is 0 Å². The normalized spacial score (nSPS) is 23.0. The smallest absolute Gasteiger partial charge is 0.0347 e. The lowest BCUT2D eigenvalue weighted by Crippen LogP contribution is -2.40. The lowest BCUT2D eigenvalue weighted by molar-refractivity contribution is 0.404. The molecule has 0 aromatic heterocycles. The van der Waals surface area contributed by atoms with E-state index in [2.05, 4.69) is 32.7 Å². The second kappa shape index (κ2) is 4.53. The zero-order valence-electron chi connectivity index (χ0n) is 11.2. The lowest BCUT2D eigenvalue weighted by atomic mass is 9.83. The van der Waals surface area contributed by atoms with Gasteiger partial charge in [0.2, 0.25) is 0 Å². The first kappa shape index (κ1) is 13.8. The van der Waals surface area contributed by atoms with Crippen LogP contribution in [0.5, 0.6) is 0 Å². The molecule has 1 atom stereocenters. The minimum Gasteiger partial charge on any atom is -0.252 e. The molecule has 94 valence electrons. The fourth-order valence-corrected chi connectivity index (χ4v) is 3.23. The third-order valence-corrected chi connectivity index (χ3v) is 5.99. The molecule has 1 aliphatic heterocycles. The van der Waals surface area contributed by atoms with Crippen LogP contribution in [-0.4, -0.2) is 32.7 Å². The van der Waals surface area contributed by atoms with E-state index in [9.17, 15) is 4.21 Å². The number of nitrogens with zero attached hydrogens (tertiary/aromatic N) is 1.